The molecular formula is C7H4N4O. The minimum absolute atomic E-state index is 0.100. The van der Waals surface area contributed by atoms with Gasteiger partial charge in [0.25, 0.3) is 0 Å². The van der Waals surface area contributed by atoms with Gasteiger partial charge in [0, 0.05) is 6.20 Å². The Morgan fingerprint density at radius 1 is 1.67 bits per heavy atom. The number of hydrogen-bond acceptors (Lipinski definition) is 3. The van der Waals surface area contributed by atoms with E-state index in [1.165, 1.54) is 17.0 Å². The van der Waals surface area contributed by atoms with Crippen LogP contribution in [-0.4, -0.2) is 14.8 Å². The van der Waals surface area contributed by atoms with Gasteiger partial charge in [-0.25, -0.2) is 0 Å². The Bertz CT molecular complexity index is 516. The number of H-pyrrole nitrogens is 1. The van der Waals surface area contributed by atoms with Crippen LogP contribution in [0.4, 0.5) is 0 Å². The van der Waals surface area contributed by atoms with Crippen molar-refractivity contribution in [3.63, 3.8) is 0 Å². The normalized spacial score (nSPS) is 9.92. The summed E-state index contributed by atoms with van der Waals surface area (Å²) in [5.41, 5.74) is 0.186. The lowest BCUT2D eigenvalue weighted by molar-refractivity contribution is 0.794. The number of rotatable bonds is 0. The molecule has 0 amide bonds. The van der Waals surface area contributed by atoms with Gasteiger partial charge < -0.3 is 0 Å². The van der Waals surface area contributed by atoms with Crippen LogP contribution < -0.4 is 5.43 Å². The predicted octanol–water partition coefficient (Wildman–Crippen LogP) is -0.106. The van der Waals surface area contributed by atoms with E-state index < -0.39 is 0 Å². The van der Waals surface area contributed by atoms with Gasteiger partial charge >= 0.3 is 0 Å². The van der Waals surface area contributed by atoms with E-state index in [1.54, 1.807) is 12.1 Å². The van der Waals surface area contributed by atoms with Crippen molar-refractivity contribution in [2.24, 2.45) is 0 Å². The SMILES string of the molecule is N#Cc1c[nH]n2nccc2c1=O. The maximum Gasteiger partial charge on any atom is 0.225 e. The highest BCUT2D eigenvalue weighted by atomic mass is 16.1. The van der Waals surface area contributed by atoms with Crippen molar-refractivity contribution in [3.8, 4) is 6.07 Å². The summed E-state index contributed by atoms with van der Waals surface area (Å²) in [7, 11) is 0. The van der Waals surface area contributed by atoms with Crippen molar-refractivity contribution in [2.75, 3.05) is 0 Å². The average Bonchev–Trinajstić information content (AvgIpc) is 2.53. The lowest BCUT2D eigenvalue weighted by Gasteiger charge is -1.91. The standard InChI is InChI=1S/C7H4N4O/c8-3-5-4-10-11-6(7(5)12)1-2-9-11/h1-2,4,10H. The second-order valence-electron chi connectivity index (χ2n) is 2.26. The molecule has 2 aromatic rings. The Hall–Kier alpha value is -2.09. The zero-order valence-corrected chi connectivity index (χ0v) is 5.98. The Morgan fingerprint density at radius 3 is 3.25 bits per heavy atom. The highest BCUT2D eigenvalue weighted by Crippen LogP contribution is 1.93. The molecule has 0 aliphatic heterocycles. The van der Waals surface area contributed by atoms with E-state index >= 15 is 0 Å². The van der Waals surface area contributed by atoms with Crippen molar-refractivity contribution in [1.29, 1.82) is 5.26 Å². The quantitative estimate of drug-likeness (QED) is 0.584. The largest absolute Gasteiger partial charge is 0.286 e. The second kappa shape index (κ2) is 2.20. The molecule has 0 aliphatic carbocycles. The van der Waals surface area contributed by atoms with Gasteiger partial charge in [0.1, 0.15) is 17.1 Å². The summed E-state index contributed by atoms with van der Waals surface area (Å²) in [6.45, 7) is 0. The number of aromatic nitrogens is 3. The number of hydrogen-bond donors (Lipinski definition) is 1. The fraction of sp³-hybridized carbons (Fsp3) is 0. The molecule has 1 N–H and O–H groups in total. The van der Waals surface area contributed by atoms with Crippen LogP contribution in [0.3, 0.4) is 0 Å². The Labute approximate surface area is 66.8 Å². The van der Waals surface area contributed by atoms with Crippen molar-refractivity contribution < 1.29 is 0 Å². The smallest absolute Gasteiger partial charge is 0.225 e. The van der Waals surface area contributed by atoms with Gasteiger partial charge in [-0.3, -0.25) is 9.89 Å². The van der Waals surface area contributed by atoms with E-state index in [9.17, 15) is 4.79 Å². The third-order valence-corrected chi connectivity index (χ3v) is 1.57. The molecule has 0 fully saturated rings. The molecule has 2 rings (SSSR count). The molecule has 0 bridgehead atoms. The number of nitrogens with zero attached hydrogens (tertiary/aromatic N) is 3. The lowest BCUT2D eigenvalue weighted by atomic mass is 10.3. The fourth-order valence-electron chi connectivity index (χ4n) is 0.990. The van der Waals surface area contributed by atoms with Gasteiger partial charge in [0.15, 0.2) is 0 Å². The average molecular weight is 160 g/mol. The molecule has 0 saturated carbocycles. The molecule has 0 unspecified atom stereocenters. The topological polar surface area (TPSA) is 73.9 Å². The number of nitrogens with one attached hydrogen (secondary N) is 1. The molecule has 12 heavy (non-hydrogen) atoms. The highest BCUT2D eigenvalue weighted by Gasteiger charge is 2.03. The molecule has 0 spiro atoms. The van der Waals surface area contributed by atoms with Gasteiger partial charge in [0.05, 0.1) is 6.20 Å². The molecule has 0 radical (unpaired) electrons. The molecule has 5 heteroatoms. The maximum atomic E-state index is 11.3. The van der Waals surface area contributed by atoms with Crippen molar-refractivity contribution in [1.82, 2.24) is 14.8 Å². The number of aromatic amines is 1. The summed E-state index contributed by atoms with van der Waals surface area (Å²) in [6, 6.07) is 3.35. The Balaban J connectivity index is 3.00. The van der Waals surface area contributed by atoms with Gasteiger partial charge in [-0.15, -0.1) is 0 Å². The molecule has 2 aromatic heterocycles. The van der Waals surface area contributed by atoms with Crippen LogP contribution in [0.1, 0.15) is 5.56 Å². The van der Waals surface area contributed by atoms with Crippen LogP contribution in [0, 0.1) is 11.3 Å². The van der Waals surface area contributed by atoms with Crippen LogP contribution in [0.25, 0.3) is 5.52 Å². The van der Waals surface area contributed by atoms with E-state index in [0.29, 0.717) is 5.52 Å². The van der Waals surface area contributed by atoms with E-state index in [0.717, 1.165) is 0 Å². The lowest BCUT2D eigenvalue weighted by Crippen LogP contribution is -2.11. The van der Waals surface area contributed by atoms with Crippen LogP contribution in [-0.2, 0) is 0 Å². The van der Waals surface area contributed by atoms with Crippen molar-refractivity contribution >= 4 is 5.52 Å². The predicted molar refractivity (Wildman–Crippen MR) is 40.5 cm³/mol. The van der Waals surface area contributed by atoms with Gasteiger partial charge in [-0.1, -0.05) is 0 Å². The second-order valence-corrected chi connectivity index (χ2v) is 2.26. The summed E-state index contributed by atoms with van der Waals surface area (Å²) >= 11 is 0. The molecule has 2 heterocycles. The Morgan fingerprint density at radius 2 is 2.50 bits per heavy atom. The van der Waals surface area contributed by atoms with Crippen LogP contribution in [0.5, 0.6) is 0 Å². The molecule has 5 nitrogen and oxygen atoms in total. The van der Waals surface area contributed by atoms with Gasteiger partial charge in [-0.2, -0.15) is 15.0 Å². The summed E-state index contributed by atoms with van der Waals surface area (Å²) in [4.78, 5) is 11.3. The Kier molecular flexibility index (Phi) is 1.21. The summed E-state index contributed by atoms with van der Waals surface area (Å²) in [5.74, 6) is 0. The van der Waals surface area contributed by atoms with E-state index in [4.69, 9.17) is 5.26 Å². The van der Waals surface area contributed by atoms with Crippen molar-refractivity contribution in [2.45, 2.75) is 0 Å². The molecule has 58 valence electrons. The molecule has 0 atom stereocenters. The van der Waals surface area contributed by atoms with Crippen LogP contribution >= 0.6 is 0 Å². The maximum absolute atomic E-state index is 11.3. The minimum Gasteiger partial charge on any atom is -0.286 e. The number of nitriles is 1. The molecule has 0 aliphatic rings. The van der Waals surface area contributed by atoms with E-state index in [2.05, 4.69) is 10.2 Å². The minimum atomic E-state index is -0.297. The van der Waals surface area contributed by atoms with E-state index in [-0.39, 0.29) is 11.0 Å². The molecular weight excluding hydrogens is 156 g/mol. The van der Waals surface area contributed by atoms with E-state index in [1.807, 2.05) is 0 Å². The third-order valence-electron chi connectivity index (χ3n) is 1.57. The third kappa shape index (κ3) is 0.720. The zero-order chi connectivity index (χ0) is 8.55. The summed E-state index contributed by atoms with van der Waals surface area (Å²) < 4.78 is 1.32. The highest BCUT2D eigenvalue weighted by molar-refractivity contribution is 5.48. The first-order chi connectivity index (χ1) is 5.83. The fourth-order valence-corrected chi connectivity index (χ4v) is 0.990. The first-order valence-electron chi connectivity index (χ1n) is 3.28. The summed E-state index contributed by atoms with van der Waals surface area (Å²) in [5, 5.41) is 15.0. The molecule has 0 saturated heterocycles. The zero-order valence-electron chi connectivity index (χ0n) is 5.98. The summed E-state index contributed by atoms with van der Waals surface area (Å²) in [6.07, 6.45) is 2.83. The van der Waals surface area contributed by atoms with Crippen molar-refractivity contribution in [3.05, 3.63) is 34.2 Å². The molecule has 0 aromatic carbocycles. The number of fused-ring (bicyclic) bond motifs is 1. The van der Waals surface area contributed by atoms with Crippen LogP contribution in [0.2, 0.25) is 0 Å². The first-order valence-corrected chi connectivity index (χ1v) is 3.28. The van der Waals surface area contributed by atoms with Gasteiger partial charge in [0.2, 0.25) is 5.43 Å². The van der Waals surface area contributed by atoms with Gasteiger partial charge in [-0.05, 0) is 6.07 Å². The monoisotopic (exact) mass is 160 g/mol. The van der Waals surface area contributed by atoms with Crippen LogP contribution in [0.15, 0.2) is 23.3 Å². The first kappa shape index (κ1) is 6.61.